The second-order valence-electron chi connectivity index (χ2n) is 1.58. The van der Waals surface area contributed by atoms with Crippen LogP contribution in [0.2, 0.25) is 0 Å². The first kappa shape index (κ1) is 11.1. The van der Waals surface area contributed by atoms with Crippen LogP contribution in [0.5, 0.6) is 0 Å². The summed E-state index contributed by atoms with van der Waals surface area (Å²) in [4.78, 5) is 20.1. The SMILES string of the molecule is CC(=O)CC(C)=O.[BiH3]. The molecule has 0 fully saturated rings. The molecule has 3 heteroatoms. The van der Waals surface area contributed by atoms with Gasteiger partial charge < -0.3 is 0 Å². The fraction of sp³-hybridized carbons (Fsp3) is 0.600. The van der Waals surface area contributed by atoms with E-state index in [2.05, 4.69) is 0 Å². The van der Waals surface area contributed by atoms with E-state index < -0.39 is 0 Å². The molecule has 2 nitrogen and oxygen atoms in total. The second kappa shape index (κ2) is 5.36. The van der Waals surface area contributed by atoms with Gasteiger partial charge in [-0.3, -0.25) is 9.59 Å². The van der Waals surface area contributed by atoms with E-state index in [9.17, 15) is 9.59 Å². The molecule has 0 radical (unpaired) electrons. The van der Waals surface area contributed by atoms with E-state index in [0.717, 1.165) is 0 Å². The van der Waals surface area contributed by atoms with E-state index in [4.69, 9.17) is 0 Å². The zero-order valence-corrected chi connectivity index (χ0v) is 10.7. The summed E-state index contributed by atoms with van der Waals surface area (Å²) in [5.41, 5.74) is 0. The van der Waals surface area contributed by atoms with Gasteiger partial charge in [-0.2, -0.15) is 0 Å². The van der Waals surface area contributed by atoms with Gasteiger partial charge in [-0.15, -0.1) is 0 Å². The van der Waals surface area contributed by atoms with Crippen molar-refractivity contribution in [3.05, 3.63) is 0 Å². The van der Waals surface area contributed by atoms with E-state index in [1.807, 2.05) is 0 Å². The summed E-state index contributed by atoms with van der Waals surface area (Å²) in [5.74, 6) is -0.125. The first-order valence-corrected chi connectivity index (χ1v) is 2.12. The first-order valence-electron chi connectivity index (χ1n) is 2.12. The van der Waals surface area contributed by atoms with Crippen LogP contribution in [0.4, 0.5) is 0 Å². The fourth-order valence-corrected chi connectivity index (χ4v) is 0.351. The van der Waals surface area contributed by atoms with E-state index in [1.165, 1.54) is 13.8 Å². The Kier molecular flexibility index (Phi) is 7.42. The minimum atomic E-state index is -0.0625. The van der Waals surface area contributed by atoms with Gasteiger partial charge in [0.05, 0.1) is 6.42 Å². The van der Waals surface area contributed by atoms with Gasteiger partial charge in [0, 0.05) is 0 Å². The number of ketones is 2. The molecule has 8 heavy (non-hydrogen) atoms. The quantitative estimate of drug-likeness (QED) is 0.503. The number of rotatable bonds is 2. The summed E-state index contributed by atoms with van der Waals surface area (Å²) < 4.78 is 0. The molecule has 0 spiro atoms. The Bertz CT molecular complexity index is 86.6. The van der Waals surface area contributed by atoms with Crippen LogP contribution in [0.15, 0.2) is 0 Å². The van der Waals surface area contributed by atoms with Crippen molar-refractivity contribution < 1.29 is 9.59 Å². The van der Waals surface area contributed by atoms with Crippen LogP contribution in [0.3, 0.4) is 0 Å². The van der Waals surface area contributed by atoms with E-state index >= 15 is 0 Å². The summed E-state index contributed by atoms with van der Waals surface area (Å²) in [6.07, 6.45) is 0.0833. The predicted octanol–water partition coefficient (Wildman–Crippen LogP) is -0.629. The van der Waals surface area contributed by atoms with Gasteiger partial charge in [0.25, 0.3) is 0 Å². The molecule has 0 rings (SSSR count). The van der Waals surface area contributed by atoms with Crippen molar-refractivity contribution in [1.29, 1.82) is 0 Å². The van der Waals surface area contributed by atoms with Crippen LogP contribution in [0.25, 0.3) is 0 Å². The van der Waals surface area contributed by atoms with Crippen molar-refractivity contribution in [2.24, 2.45) is 0 Å². The van der Waals surface area contributed by atoms with Gasteiger partial charge in [0.1, 0.15) is 11.6 Å². The zero-order chi connectivity index (χ0) is 5.86. The maximum absolute atomic E-state index is 10.0. The monoisotopic (exact) mass is 312 g/mol. The molecular formula is C5H11BiO2. The normalized spacial score (nSPS) is 7.25. The summed E-state index contributed by atoms with van der Waals surface area (Å²) in [6, 6.07) is 0. The fourth-order valence-electron chi connectivity index (χ4n) is 0.351. The molecule has 0 aliphatic heterocycles. The van der Waals surface area contributed by atoms with E-state index in [0.29, 0.717) is 0 Å². The third-order valence-corrected chi connectivity index (χ3v) is 0.498. The van der Waals surface area contributed by atoms with Gasteiger partial charge >= 0.3 is 26.2 Å². The van der Waals surface area contributed by atoms with Crippen LogP contribution in [-0.4, -0.2) is 37.8 Å². The Labute approximate surface area is 67.8 Å². The molecule has 0 aromatic rings. The first-order chi connectivity index (χ1) is 3.13. The zero-order valence-electron chi connectivity index (χ0n) is 5.23. The van der Waals surface area contributed by atoms with Crippen LogP contribution >= 0.6 is 0 Å². The summed E-state index contributed by atoms with van der Waals surface area (Å²) >= 11 is 0. The van der Waals surface area contributed by atoms with Gasteiger partial charge in [-0.05, 0) is 13.8 Å². The average Bonchev–Trinajstić information content (AvgIpc) is 1.27. The number of hydrogen-bond acceptors (Lipinski definition) is 2. The van der Waals surface area contributed by atoms with Crippen molar-refractivity contribution in [2.45, 2.75) is 20.3 Å². The summed E-state index contributed by atoms with van der Waals surface area (Å²) in [6.45, 7) is 2.81. The van der Waals surface area contributed by atoms with E-state index in [-0.39, 0.29) is 44.2 Å². The van der Waals surface area contributed by atoms with Gasteiger partial charge in [-0.1, -0.05) is 0 Å². The molecule has 48 valence electrons. The van der Waals surface area contributed by atoms with Crippen molar-refractivity contribution in [3.63, 3.8) is 0 Å². The Hall–Kier alpha value is 0.223. The van der Waals surface area contributed by atoms with Gasteiger partial charge in [-0.25, -0.2) is 0 Å². The molecule has 0 unspecified atom stereocenters. The number of carbonyl (C=O) groups is 2. The number of carbonyl (C=O) groups excluding carboxylic acids is 2. The third kappa shape index (κ3) is 9.52. The van der Waals surface area contributed by atoms with Crippen molar-refractivity contribution >= 4 is 37.8 Å². The van der Waals surface area contributed by atoms with Crippen LogP contribution in [-0.2, 0) is 9.59 Å². The van der Waals surface area contributed by atoms with Crippen LogP contribution in [0.1, 0.15) is 20.3 Å². The average molecular weight is 312 g/mol. The molecule has 0 aliphatic carbocycles. The number of Topliss-reactive ketones (excluding diaryl/α,β-unsaturated/α-hetero) is 2. The Morgan fingerprint density at radius 3 is 1.38 bits per heavy atom. The molecule has 0 aromatic carbocycles. The molecule has 0 saturated heterocycles. The molecule has 0 aliphatic rings. The molecule has 0 aromatic heterocycles. The Morgan fingerprint density at radius 2 is 1.38 bits per heavy atom. The van der Waals surface area contributed by atoms with Crippen LogP contribution < -0.4 is 0 Å². The predicted molar refractivity (Wildman–Crippen MR) is 35.9 cm³/mol. The standard InChI is InChI=1S/C5H8O2.Bi.3H/c1-4(6)3-5(2)7;;;;/h3H2,1-2H3;;;;. The molecule has 0 saturated carbocycles. The van der Waals surface area contributed by atoms with Crippen molar-refractivity contribution in [3.8, 4) is 0 Å². The maximum atomic E-state index is 10.0. The summed E-state index contributed by atoms with van der Waals surface area (Å²) in [7, 11) is 0. The Balaban J connectivity index is 0. The van der Waals surface area contributed by atoms with Crippen molar-refractivity contribution in [1.82, 2.24) is 0 Å². The molecule has 0 amide bonds. The minimum absolute atomic E-state index is 0. The third-order valence-electron chi connectivity index (χ3n) is 0.498. The Morgan fingerprint density at radius 1 is 1.12 bits per heavy atom. The molecule has 0 N–H and O–H groups in total. The van der Waals surface area contributed by atoms with E-state index in [1.54, 1.807) is 0 Å². The van der Waals surface area contributed by atoms with Gasteiger partial charge in [0.15, 0.2) is 0 Å². The molecular weight excluding hydrogens is 301 g/mol. The summed E-state index contributed by atoms with van der Waals surface area (Å²) in [5, 5.41) is 0. The molecule has 0 bridgehead atoms. The molecule has 0 atom stereocenters. The van der Waals surface area contributed by atoms with Gasteiger partial charge in [0.2, 0.25) is 0 Å². The second-order valence-corrected chi connectivity index (χ2v) is 1.58. The molecule has 0 heterocycles. The van der Waals surface area contributed by atoms with Crippen LogP contribution in [0, 0.1) is 0 Å². The van der Waals surface area contributed by atoms with Crippen molar-refractivity contribution in [2.75, 3.05) is 0 Å². The topological polar surface area (TPSA) is 34.1 Å². The number of hydrogen-bond donors (Lipinski definition) is 0.